The number of hydrogen-bond donors (Lipinski definition) is 1. The molecule has 1 fully saturated rings. The van der Waals surface area contributed by atoms with Crippen LogP contribution in [-0.2, 0) is 32.1 Å². The molecule has 1 aliphatic heterocycles. The molecular weight excluding hydrogens is 546 g/mol. The Labute approximate surface area is 232 Å². The van der Waals surface area contributed by atoms with E-state index in [0.29, 0.717) is 19.3 Å². The summed E-state index contributed by atoms with van der Waals surface area (Å²) in [5.74, 6) is -1.58. The number of nitrogens with zero attached hydrogens (tertiary/aromatic N) is 2. The summed E-state index contributed by atoms with van der Waals surface area (Å²) >= 11 is 3.49. The predicted octanol–water partition coefficient (Wildman–Crippen LogP) is 4.25. The predicted molar refractivity (Wildman–Crippen MR) is 149 cm³/mol. The normalized spacial score (nSPS) is 19.4. The summed E-state index contributed by atoms with van der Waals surface area (Å²) in [4.78, 5) is 56.0. The van der Waals surface area contributed by atoms with Crippen molar-refractivity contribution in [3.63, 3.8) is 0 Å². The molecule has 0 spiro atoms. The molecule has 38 heavy (non-hydrogen) atoms. The number of benzene rings is 2. The Bertz CT molecular complexity index is 1190. The number of fused-ring (bicyclic) bond motifs is 1. The number of allylic oxidation sites excluding steroid dienone is 2. The number of carbonyl (C=O) groups excluding carboxylic acids is 4. The van der Waals surface area contributed by atoms with Crippen LogP contribution in [0.5, 0.6) is 0 Å². The van der Waals surface area contributed by atoms with Crippen LogP contribution in [0, 0.1) is 11.8 Å². The number of carbonyl (C=O) groups is 4. The van der Waals surface area contributed by atoms with Crippen molar-refractivity contribution in [1.82, 2.24) is 15.1 Å². The van der Waals surface area contributed by atoms with Gasteiger partial charge in [0.25, 0.3) is 0 Å². The first kappa shape index (κ1) is 27.8. The van der Waals surface area contributed by atoms with Crippen LogP contribution in [0.15, 0.2) is 71.2 Å². The van der Waals surface area contributed by atoms with Gasteiger partial charge < -0.3 is 10.2 Å². The second kappa shape index (κ2) is 12.5. The van der Waals surface area contributed by atoms with Crippen molar-refractivity contribution in [1.29, 1.82) is 0 Å². The lowest BCUT2D eigenvalue weighted by Crippen LogP contribution is -2.52. The van der Waals surface area contributed by atoms with E-state index >= 15 is 0 Å². The van der Waals surface area contributed by atoms with E-state index in [-0.39, 0.29) is 61.0 Å². The molecule has 0 radical (unpaired) electrons. The van der Waals surface area contributed by atoms with E-state index in [4.69, 9.17) is 0 Å². The topological polar surface area (TPSA) is 86.8 Å². The molecule has 1 N–H and O–H groups in total. The van der Waals surface area contributed by atoms with Crippen LogP contribution in [0.4, 0.5) is 0 Å². The van der Waals surface area contributed by atoms with Crippen LogP contribution < -0.4 is 5.32 Å². The maximum Gasteiger partial charge on any atom is 0.243 e. The highest BCUT2D eigenvalue weighted by atomic mass is 79.9. The Morgan fingerprint density at radius 2 is 1.61 bits per heavy atom. The fraction of sp³-hybridized carbons (Fsp3) is 0.400. The Morgan fingerprint density at radius 3 is 2.21 bits per heavy atom. The minimum absolute atomic E-state index is 0.0162. The van der Waals surface area contributed by atoms with Gasteiger partial charge in [-0.2, -0.15) is 0 Å². The summed E-state index contributed by atoms with van der Waals surface area (Å²) in [5, 5.41) is 2.97. The smallest absolute Gasteiger partial charge is 0.243 e. The van der Waals surface area contributed by atoms with Crippen molar-refractivity contribution >= 4 is 39.6 Å². The lowest BCUT2D eigenvalue weighted by atomic mass is 9.85. The molecule has 4 rings (SSSR count). The Hall–Kier alpha value is -3.26. The second-order valence-electron chi connectivity index (χ2n) is 10.3. The minimum Gasteiger partial charge on any atom is -0.352 e. The molecule has 3 atom stereocenters. The monoisotopic (exact) mass is 579 g/mol. The maximum atomic E-state index is 13.8. The van der Waals surface area contributed by atoms with Crippen LogP contribution in [0.1, 0.15) is 44.2 Å². The largest absolute Gasteiger partial charge is 0.352 e. The van der Waals surface area contributed by atoms with E-state index in [1.807, 2.05) is 80.6 Å². The fourth-order valence-corrected chi connectivity index (χ4v) is 5.65. The molecule has 0 saturated carbocycles. The van der Waals surface area contributed by atoms with Gasteiger partial charge >= 0.3 is 0 Å². The van der Waals surface area contributed by atoms with Crippen molar-refractivity contribution in [2.24, 2.45) is 11.8 Å². The fourth-order valence-electron chi connectivity index (χ4n) is 5.21. The van der Waals surface area contributed by atoms with E-state index in [1.54, 1.807) is 4.90 Å². The van der Waals surface area contributed by atoms with Gasteiger partial charge in [0, 0.05) is 36.4 Å². The zero-order chi connectivity index (χ0) is 27.2. The summed E-state index contributed by atoms with van der Waals surface area (Å²) < 4.78 is 0.873. The zero-order valence-electron chi connectivity index (χ0n) is 21.8. The number of imide groups is 1. The molecule has 8 heteroatoms. The van der Waals surface area contributed by atoms with Crippen LogP contribution >= 0.6 is 15.9 Å². The van der Waals surface area contributed by atoms with Crippen LogP contribution in [-0.4, -0.2) is 52.1 Å². The number of amides is 4. The zero-order valence-corrected chi connectivity index (χ0v) is 23.4. The lowest BCUT2D eigenvalue weighted by Gasteiger charge is -2.32. The van der Waals surface area contributed by atoms with E-state index in [2.05, 4.69) is 21.2 Å². The number of rotatable bonds is 10. The van der Waals surface area contributed by atoms with Gasteiger partial charge in [-0.25, -0.2) is 0 Å². The summed E-state index contributed by atoms with van der Waals surface area (Å²) in [7, 11) is 0. The van der Waals surface area contributed by atoms with Gasteiger partial charge in [-0.1, -0.05) is 70.5 Å². The van der Waals surface area contributed by atoms with Gasteiger partial charge in [0.2, 0.25) is 23.6 Å². The molecule has 4 amide bonds. The summed E-state index contributed by atoms with van der Waals surface area (Å²) in [6, 6.07) is 16.4. The molecule has 0 unspecified atom stereocenters. The summed E-state index contributed by atoms with van der Waals surface area (Å²) in [5.41, 5.74) is 1.80. The molecule has 0 bridgehead atoms. The third-order valence-electron chi connectivity index (χ3n) is 7.09. The van der Waals surface area contributed by atoms with E-state index in [0.717, 1.165) is 15.6 Å². The van der Waals surface area contributed by atoms with Crippen molar-refractivity contribution in [2.45, 2.75) is 58.2 Å². The minimum atomic E-state index is -0.761. The van der Waals surface area contributed by atoms with Gasteiger partial charge in [0.15, 0.2) is 0 Å². The Morgan fingerprint density at radius 1 is 0.974 bits per heavy atom. The first-order chi connectivity index (χ1) is 18.2. The standard InChI is InChI=1S/C30H34BrN3O4/c1-20(2)32-28(36)26(18-21-9-4-3-5-10-21)34(19-22-11-8-12-23(31)17-22)27(35)15-16-33-29(37)24-13-6-7-14-25(24)30(33)38/h3-12,17,20,24-26H,13-16,18-19H2,1-2H3,(H,32,36)/t24-,25+,26-/m1/s1. The molecule has 1 aliphatic carbocycles. The highest BCUT2D eigenvalue weighted by Crippen LogP contribution is 2.35. The highest BCUT2D eigenvalue weighted by molar-refractivity contribution is 9.10. The summed E-state index contributed by atoms with van der Waals surface area (Å²) in [6.07, 6.45) is 5.31. The third-order valence-corrected chi connectivity index (χ3v) is 7.59. The summed E-state index contributed by atoms with van der Waals surface area (Å²) in [6.45, 7) is 4.01. The van der Waals surface area contributed by atoms with Crippen molar-refractivity contribution in [3.05, 3.63) is 82.3 Å². The maximum absolute atomic E-state index is 13.8. The van der Waals surface area contributed by atoms with E-state index < -0.39 is 6.04 Å². The first-order valence-electron chi connectivity index (χ1n) is 13.1. The third kappa shape index (κ3) is 6.59. The van der Waals surface area contributed by atoms with Gasteiger partial charge in [-0.15, -0.1) is 0 Å². The van der Waals surface area contributed by atoms with Gasteiger partial charge in [0.05, 0.1) is 11.8 Å². The average Bonchev–Trinajstić information content (AvgIpc) is 3.14. The first-order valence-corrected chi connectivity index (χ1v) is 13.9. The molecule has 1 heterocycles. The molecule has 1 saturated heterocycles. The van der Waals surface area contributed by atoms with Gasteiger partial charge in [-0.3, -0.25) is 24.1 Å². The molecule has 200 valence electrons. The van der Waals surface area contributed by atoms with Gasteiger partial charge in [-0.05, 0) is 49.9 Å². The van der Waals surface area contributed by atoms with Crippen molar-refractivity contribution in [3.8, 4) is 0 Å². The van der Waals surface area contributed by atoms with Crippen LogP contribution in [0.3, 0.4) is 0 Å². The number of halogens is 1. The second-order valence-corrected chi connectivity index (χ2v) is 11.2. The molecular formula is C30H34BrN3O4. The highest BCUT2D eigenvalue weighted by Gasteiger charge is 2.47. The lowest BCUT2D eigenvalue weighted by molar-refractivity contribution is -0.144. The number of likely N-dealkylation sites (tertiary alicyclic amines) is 1. The van der Waals surface area contributed by atoms with E-state index in [9.17, 15) is 19.2 Å². The van der Waals surface area contributed by atoms with Crippen molar-refractivity contribution < 1.29 is 19.2 Å². The molecule has 7 nitrogen and oxygen atoms in total. The van der Waals surface area contributed by atoms with Crippen LogP contribution in [0.25, 0.3) is 0 Å². The van der Waals surface area contributed by atoms with Gasteiger partial charge in [0.1, 0.15) is 6.04 Å². The molecule has 2 aromatic rings. The number of hydrogen-bond acceptors (Lipinski definition) is 4. The average molecular weight is 581 g/mol. The SMILES string of the molecule is CC(C)NC(=O)[C@@H](Cc1ccccc1)N(Cc1cccc(Br)c1)C(=O)CCN1C(=O)[C@H]2CC=CC[C@H]2C1=O. The molecule has 2 aliphatic rings. The van der Waals surface area contributed by atoms with Crippen molar-refractivity contribution in [2.75, 3.05) is 6.54 Å². The Balaban J connectivity index is 1.59. The number of nitrogens with one attached hydrogen (secondary N) is 1. The van der Waals surface area contributed by atoms with E-state index in [1.165, 1.54) is 4.90 Å². The Kier molecular flexibility index (Phi) is 9.15. The molecule has 2 aromatic carbocycles. The molecule has 0 aromatic heterocycles. The van der Waals surface area contributed by atoms with Crippen LogP contribution in [0.2, 0.25) is 0 Å². The quantitative estimate of drug-likeness (QED) is 0.336.